The van der Waals surface area contributed by atoms with E-state index in [1.807, 2.05) is 61.8 Å². The fraction of sp³-hybridized carbons (Fsp3) is 0.579. The first-order valence-corrected chi connectivity index (χ1v) is 8.80. The van der Waals surface area contributed by atoms with Crippen LogP contribution in [0.4, 0.5) is 5.69 Å². The topological polar surface area (TPSA) is 43.9 Å². The summed E-state index contributed by atoms with van der Waals surface area (Å²) < 4.78 is 0. The molecule has 1 saturated heterocycles. The number of benzene rings is 1. The van der Waals surface area contributed by atoms with Crippen LogP contribution in [0.15, 0.2) is 24.3 Å². The first-order chi connectivity index (χ1) is 11.4. The van der Waals surface area contributed by atoms with E-state index in [4.69, 9.17) is 0 Å². The van der Waals surface area contributed by atoms with Gasteiger partial charge in [-0.1, -0.05) is 31.5 Å². The van der Waals surface area contributed by atoms with Crippen molar-refractivity contribution in [3.05, 3.63) is 29.8 Å². The van der Waals surface area contributed by atoms with Crippen LogP contribution in [-0.4, -0.2) is 60.9 Å². The molecule has 1 aliphatic rings. The highest BCUT2D eigenvalue weighted by atomic mass is 16.2. The fourth-order valence-corrected chi connectivity index (χ4v) is 3.00. The Balaban J connectivity index is 1.90. The molecule has 5 heteroatoms. The molecular weight excluding hydrogens is 302 g/mol. The van der Waals surface area contributed by atoms with E-state index in [1.165, 1.54) is 5.56 Å². The molecule has 0 spiro atoms. The van der Waals surface area contributed by atoms with E-state index >= 15 is 0 Å². The number of piperazine rings is 1. The molecule has 0 unspecified atom stereocenters. The average molecular weight is 331 g/mol. The Morgan fingerprint density at radius 3 is 2.17 bits per heavy atom. The SMILES string of the molecule is CCN(C(=O)CN1CCN(C(=O)C(C)C)CC1)c1ccc(C)cc1. The van der Waals surface area contributed by atoms with Crippen molar-refractivity contribution in [2.24, 2.45) is 5.92 Å². The minimum absolute atomic E-state index is 0.0373. The van der Waals surface area contributed by atoms with Gasteiger partial charge in [0, 0.05) is 44.3 Å². The summed E-state index contributed by atoms with van der Waals surface area (Å²) in [7, 11) is 0. The molecule has 2 rings (SSSR count). The molecule has 0 radical (unpaired) electrons. The van der Waals surface area contributed by atoms with Gasteiger partial charge >= 0.3 is 0 Å². The van der Waals surface area contributed by atoms with E-state index in [1.54, 1.807) is 0 Å². The van der Waals surface area contributed by atoms with Crippen molar-refractivity contribution in [2.45, 2.75) is 27.7 Å². The average Bonchev–Trinajstić information content (AvgIpc) is 2.57. The second kappa shape index (κ2) is 8.29. The number of carbonyl (C=O) groups is 2. The van der Waals surface area contributed by atoms with Crippen LogP contribution in [0, 0.1) is 12.8 Å². The Bertz CT molecular complexity index is 560. The predicted molar refractivity (Wildman–Crippen MR) is 97.1 cm³/mol. The number of likely N-dealkylation sites (N-methyl/N-ethyl adjacent to an activating group) is 1. The quantitative estimate of drug-likeness (QED) is 0.830. The fourth-order valence-electron chi connectivity index (χ4n) is 3.00. The van der Waals surface area contributed by atoms with Crippen LogP contribution in [0.5, 0.6) is 0 Å². The summed E-state index contributed by atoms with van der Waals surface area (Å²) in [6.45, 7) is 11.9. The van der Waals surface area contributed by atoms with Crippen LogP contribution in [0.2, 0.25) is 0 Å². The van der Waals surface area contributed by atoms with Crippen molar-refractivity contribution >= 4 is 17.5 Å². The normalized spacial score (nSPS) is 15.6. The van der Waals surface area contributed by atoms with Gasteiger partial charge in [-0.05, 0) is 26.0 Å². The monoisotopic (exact) mass is 331 g/mol. The van der Waals surface area contributed by atoms with E-state index in [0.29, 0.717) is 26.2 Å². The third kappa shape index (κ3) is 4.57. The van der Waals surface area contributed by atoms with Gasteiger partial charge in [-0.15, -0.1) is 0 Å². The van der Waals surface area contributed by atoms with Crippen LogP contribution >= 0.6 is 0 Å². The van der Waals surface area contributed by atoms with Crippen molar-refractivity contribution in [3.8, 4) is 0 Å². The molecule has 1 aliphatic heterocycles. The van der Waals surface area contributed by atoms with Gasteiger partial charge in [0.05, 0.1) is 6.54 Å². The van der Waals surface area contributed by atoms with Gasteiger partial charge in [-0.3, -0.25) is 14.5 Å². The van der Waals surface area contributed by atoms with Gasteiger partial charge in [0.1, 0.15) is 0 Å². The van der Waals surface area contributed by atoms with E-state index in [-0.39, 0.29) is 17.7 Å². The van der Waals surface area contributed by atoms with Crippen LogP contribution in [0.3, 0.4) is 0 Å². The molecule has 5 nitrogen and oxygen atoms in total. The van der Waals surface area contributed by atoms with Gasteiger partial charge in [0.15, 0.2) is 0 Å². The number of amides is 2. The maximum absolute atomic E-state index is 12.7. The van der Waals surface area contributed by atoms with Crippen molar-refractivity contribution in [2.75, 3.05) is 44.2 Å². The summed E-state index contributed by atoms with van der Waals surface area (Å²) in [6.07, 6.45) is 0. The Hall–Kier alpha value is -1.88. The summed E-state index contributed by atoms with van der Waals surface area (Å²) in [4.78, 5) is 30.6. The molecule has 0 saturated carbocycles. The van der Waals surface area contributed by atoms with Crippen LogP contribution in [-0.2, 0) is 9.59 Å². The molecule has 24 heavy (non-hydrogen) atoms. The van der Waals surface area contributed by atoms with Crippen LogP contribution < -0.4 is 4.90 Å². The van der Waals surface area contributed by atoms with Crippen molar-refractivity contribution in [3.63, 3.8) is 0 Å². The minimum atomic E-state index is 0.0373. The minimum Gasteiger partial charge on any atom is -0.340 e. The number of nitrogens with zero attached hydrogens (tertiary/aromatic N) is 3. The van der Waals surface area contributed by atoms with Gasteiger partial charge < -0.3 is 9.80 Å². The van der Waals surface area contributed by atoms with Crippen molar-refractivity contribution in [1.29, 1.82) is 0 Å². The maximum Gasteiger partial charge on any atom is 0.241 e. The van der Waals surface area contributed by atoms with Crippen LogP contribution in [0.1, 0.15) is 26.3 Å². The molecule has 1 heterocycles. The first kappa shape index (κ1) is 18.5. The van der Waals surface area contributed by atoms with Crippen molar-refractivity contribution in [1.82, 2.24) is 9.80 Å². The highest BCUT2D eigenvalue weighted by Crippen LogP contribution is 2.16. The van der Waals surface area contributed by atoms with Gasteiger partial charge in [-0.2, -0.15) is 0 Å². The summed E-state index contributed by atoms with van der Waals surface area (Å²) in [5.74, 6) is 0.358. The summed E-state index contributed by atoms with van der Waals surface area (Å²) in [6, 6.07) is 8.05. The van der Waals surface area contributed by atoms with E-state index in [2.05, 4.69) is 4.90 Å². The Labute approximate surface area is 145 Å². The lowest BCUT2D eigenvalue weighted by molar-refractivity contribution is -0.136. The predicted octanol–water partition coefficient (Wildman–Crippen LogP) is 2.15. The highest BCUT2D eigenvalue weighted by molar-refractivity contribution is 5.94. The number of anilines is 1. The number of hydrogen-bond acceptors (Lipinski definition) is 3. The third-order valence-corrected chi connectivity index (χ3v) is 4.50. The third-order valence-electron chi connectivity index (χ3n) is 4.50. The van der Waals surface area contributed by atoms with E-state index in [0.717, 1.165) is 18.8 Å². The summed E-state index contributed by atoms with van der Waals surface area (Å²) >= 11 is 0. The van der Waals surface area contributed by atoms with Gasteiger partial charge in [0.2, 0.25) is 11.8 Å². The highest BCUT2D eigenvalue weighted by Gasteiger charge is 2.25. The largest absolute Gasteiger partial charge is 0.340 e. The van der Waals surface area contributed by atoms with Gasteiger partial charge in [0.25, 0.3) is 0 Å². The molecule has 2 amide bonds. The Kier molecular flexibility index (Phi) is 6.37. The molecule has 1 aromatic carbocycles. The molecule has 0 aromatic heterocycles. The zero-order chi connectivity index (χ0) is 17.7. The molecule has 1 fully saturated rings. The smallest absolute Gasteiger partial charge is 0.241 e. The van der Waals surface area contributed by atoms with E-state index < -0.39 is 0 Å². The number of carbonyl (C=O) groups excluding carboxylic acids is 2. The summed E-state index contributed by atoms with van der Waals surface area (Å²) in [5.41, 5.74) is 2.13. The summed E-state index contributed by atoms with van der Waals surface area (Å²) in [5, 5.41) is 0. The van der Waals surface area contributed by atoms with Crippen molar-refractivity contribution < 1.29 is 9.59 Å². The second-order valence-corrected chi connectivity index (χ2v) is 6.73. The van der Waals surface area contributed by atoms with Crippen LogP contribution in [0.25, 0.3) is 0 Å². The van der Waals surface area contributed by atoms with Gasteiger partial charge in [-0.25, -0.2) is 0 Å². The Morgan fingerprint density at radius 1 is 1.08 bits per heavy atom. The zero-order valence-corrected chi connectivity index (χ0v) is 15.3. The second-order valence-electron chi connectivity index (χ2n) is 6.73. The lowest BCUT2D eigenvalue weighted by Gasteiger charge is -2.36. The standard InChI is InChI=1S/C19H29N3O2/c1-5-22(17-8-6-16(4)7-9-17)18(23)14-20-10-12-21(13-11-20)19(24)15(2)3/h6-9,15H,5,10-14H2,1-4H3. The zero-order valence-electron chi connectivity index (χ0n) is 15.3. The molecule has 1 aromatic rings. The molecule has 0 atom stereocenters. The molecular formula is C19H29N3O2. The molecule has 0 N–H and O–H groups in total. The molecule has 0 aliphatic carbocycles. The number of aryl methyl sites for hydroxylation is 1. The first-order valence-electron chi connectivity index (χ1n) is 8.80. The maximum atomic E-state index is 12.7. The lowest BCUT2D eigenvalue weighted by Crippen LogP contribution is -2.52. The Morgan fingerprint density at radius 2 is 1.67 bits per heavy atom. The lowest BCUT2D eigenvalue weighted by atomic mass is 10.1. The van der Waals surface area contributed by atoms with E-state index in [9.17, 15) is 9.59 Å². The number of rotatable bonds is 5. The number of hydrogen-bond donors (Lipinski definition) is 0. The molecule has 0 bridgehead atoms. The molecule has 132 valence electrons.